The highest BCUT2D eigenvalue weighted by molar-refractivity contribution is 7.80. The highest BCUT2D eigenvalue weighted by atomic mass is 32.1. The van der Waals surface area contributed by atoms with Crippen molar-refractivity contribution in [3.63, 3.8) is 0 Å². The molecular formula is C25H26N4O6S. The lowest BCUT2D eigenvalue weighted by Crippen LogP contribution is -2.46. The molecule has 1 aliphatic heterocycles. The number of carbonyl (C=O) groups excluding carboxylic acids is 2. The van der Waals surface area contributed by atoms with E-state index in [1.54, 1.807) is 55.3 Å². The molecule has 0 radical (unpaired) electrons. The topological polar surface area (TPSA) is 123 Å². The van der Waals surface area contributed by atoms with Crippen LogP contribution in [0.3, 0.4) is 0 Å². The number of nitro benzene ring substituents is 1. The number of allylic oxidation sites excluding steroid dienone is 1. The molecule has 10 nitrogen and oxygen atoms in total. The Morgan fingerprint density at radius 3 is 2.61 bits per heavy atom. The molecule has 11 heteroatoms. The predicted octanol–water partition coefficient (Wildman–Crippen LogP) is 3.57. The van der Waals surface area contributed by atoms with Gasteiger partial charge >= 0.3 is 5.97 Å². The number of anilines is 1. The molecule has 2 aromatic rings. The normalized spacial score (nSPS) is 15.6. The minimum atomic E-state index is -0.573. The molecule has 0 spiro atoms. The van der Waals surface area contributed by atoms with E-state index >= 15 is 0 Å². The van der Waals surface area contributed by atoms with Gasteiger partial charge in [-0.1, -0.05) is 12.1 Å². The van der Waals surface area contributed by atoms with Crippen LogP contribution in [0.15, 0.2) is 65.9 Å². The van der Waals surface area contributed by atoms with E-state index in [-0.39, 0.29) is 24.8 Å². The quantitative estimate of drug-likeness (QED) is 0.130. The maximum Gasteiger partial charge on any atom is 0.338 e. The molecule has 1 unspecified atom stereocenters. The smallest absolute Gasteiger partial charge is 0.338 e. The van der Waals surface area contributed by atoms with E-state index < -0.39 is 16.9 Å². The van der Waals surface area contributed by atoms with Gasteiger partial charge in [0.25, 0.3) is 5.69 Å². The molecule has 0 aromatic heterocycles. The van der Waals surface area contributed by atoms with Gasteiger partial charge in [-0.05, 0) is 60.6 Å². The lowest BCUT2D eigenvalue weighted by molar-refractivity contribution is -0.384. The van der Waals surface area contributed by atoms with Gasteiger partial charge in [0.15, 0.2) is 5.11 Å². The van der Waals surface area contributed by atoms with Gasteiger partial charge in [-0.3, -0.25) is 14.9 Å². The van der Waals surface area contributed by atoms with Crippen molar-refractivity contribution in [2.24, 2.45) is 0 Å². The molecule has 0 aliphatic carbocycles. The summed E-state index contributed by atoms with van der Waals surface area (Å²) in [7, 11) is 3.29. The van der Waals surface area contributed by atoms with Crippen LogP contribution in [0.5, 0.6) is 0 Å². The maximum atomic E-state index is 12.9. The number of ether oxygens (including phenoxy) is 2. The molecule has 188 valence electrons. The molecule has 2 aromatic carbocycles. The second-order valence-electron chi connectivity index (χ2n) is 7.87. The number of nitrogens with zero attached hydrogens (tertiary/aromatic N) is 2. The van der Waals surface area contributed by atoms with Crippen LogP contribution in [0.25, 0.3) is 6.08 Å². The van der Waals surface area contributed by atoms with E-state index in [9.17, 15) is 19.7 Å². The predicted molar refractivity (Wildman–Crippen MR) is 139 cm³/mol. The lowest BCUT2D eigenvalue weighted by Gasteiger charge is -2.35. The van der Waals surface area contributed by atoms with Gasteiger partial charge in [0.05, 0.1) is 23.1 Å². The summed E-state index contributed by atoms with van der Waals surface area (Å²) in [5.41, 5.74) is 2.91. The molecule has 1 amide bonds. The van der Waals surface area contributed by atoms with Crippen molar-refractivity contribution in [2.75, 3.05) is 32.7 Å². The first-order chi connectivity index (χ1) is 17.2. The molecular weight excluding hydrogens is 484 g/mol. The third kappa shape index (κ3) is 6.52. The van der Waals surface area contributed by atoms with Gasteiger partial charge in [0, 0.05) is 43.8 Å². The molecule has 1 heterocycles. The first kappa shape index (κ1) is 26.5. The number of thiocarbonyl (C=S) groups is 1. The zero-order valence-electron chi connectivity index (χ0n) is 20.0. The summed E-state index contributed by atoms with van der Waals surface area (Å²) in [5.74, 6) is -0.875. The first-order valence-electron chi connectivity index (χ1n) is 11.0. The van der Waals surface area contributed by atoms with Crippen molar-refractivity contribution in [1.29, 1.82) is 0 Å². The van der Waals surface area contributed by atoms with Gasteiger partial charge in [-0.15, -0.1) is 0 Å². The number of rotatable bonds is 9. The van der Waals surface area contributed by atoms with Crippen molar-refractivity contribution < 1.29 is 24.0 Å². The number of hydrogen-bond acceptors (Lipinski definition) is 7. The average Bonchev–Trinajstić information content (AvgIpc) is 2.86. The van der Waals surface area contributed by atoms with Crippen molar-refractivity contribution in [3.05, 3.63) is 87.1 Å². The van der Waals surface area contributed by atoms with E-state index in [2.05, 4.69) is 10.6 Å². The maximum absolute atomic E-state index is 12.9. The molecule has 0 fully saturated rings. The third-order valence-electron chi connectivity index (χ3n) is 5.51. The number of nitrogens with one attached hydrogen (secondary N) is 2. The standard InChI is InChI=1S/C25H26N4O6S/c1-16-22(24(31)35-14-13-34-3)23(27-25(36)28(16)2)18-5-4-6-19(15-18)26-21(30)12-9-17-7-10-20(11-8-17)29(32)33/h4-12,15,23H,13-14H2,1-3H3,(H,26,30)(H,27,36). The van der Waals surface area contributed by atoms with E-state index in [1.165, 1.54) is 25.3 Å². The van der Waals surface area contributed by atoms with E-state index in [0.29, 0.717) is 33.2 Å². The Kier molecular flexibility index (Phi) is 8.87. The highest BCUT2D eigenvalue weighted by Gasteiger charge is 2.33. The summed E-state index contributed by atoms with van der Waals surface area (Å²) in [5, 5.41) is 17.2. The molecule has 3 rings (SSSR count). The Bertz CT molecular complexity index is 1230. The van der Waals surface area contributed by atoms with E-state index in [4.69, 9.17) is 21.7 Å². The van der Waals surface area contributed by atoms with Crippen molar-refractivity contribution in [2.45, 2.75) is 13.0 Å². The van der Waals surface area contributed by atoms with Crippen LogP contribution < -0.4 is 10.6 Å². The molecule has 1 aliphatic rings. The molecule has 0 saturated carbocycles. The number of nitro groups is 1. The van der Waals surface area contributed by atoms with Crippen LogP contribution in [-0.2, 0) is 19.1 Å². The number of methoxy groups -OCH3 is 1. The Hall–Kier alpha value is -4.09. The fourth-order valence-corrected chi connectivity index (χ4v) is 3.76. The first-order valence-corrected chi connectivity index (χ1v) is 11.4. The van der Waals surface area contributed by atoms with Crippen LogP contribution in [0.2, 0.25) is 0 Å². The highest BCUT2D eigenvalue weighted by Crippen LogP contribution is 2.32. The Labute approximate surface area is 213 Å². The summed E-state index contributed by atoms with van der Waals surface area (Å²) in [6.07, 6.45) is 2.89. The Balaban J connectivity index is 1.78. The zero-order valence-corrected chi connectivity index (χ0v) is 20.8. The van der Waals surface area contributed by atoms with Crippen LogP contribution >= 0.6 is 12.2 Å². The number of hydrogen-bond donors (Lipinski definition) is 2. The van der Waals surface area contributed by atoms with Crippen molar-refractivity contribution >= 4 is 46.7 Å². The molecule has 36 heavy (non-hydrogen) atoms. The summed E-state index contributed by atoms with van der Waals surface area (Å²) in [6, 6.07) is 12.3. The number of esters is 1. The second kappa shape index (κ2) is 12.0. The number of carbonyl (C=O) groups is 2. The van der Waals surface area contributed by atoms with Gasteiger partial charge in [0.2, 0.25) is 5.91 Å². The summed E-state index contributed by atoms with van der Waals surface area (Å²) >= 11 is 5.43. The minimum absolute atomic E-state index is 0.0263. The van der Waals surface area contributed by atoms with Gasteiger partial charge in [0.1, 0.15) is 6.61 Å². The minimum Gasteiger partial charge on any atom is -0.460 e. The van der Waals surface area contributed by atoms with Crippen molar-refractivity contribution in [3.8, 4) is 0 Å². The van der Waals surface area contributed by atoms with Gasteiger partial charge in [-0.2, -0.15) is 0 Å². The van der Waals surface area contributed by atoms with Crippen LogP contribution in [0.1, 0.15) is 24.1 Å². The monoisotopic (exact) mass is 510 g/mol. The molecule has 0 bridgehead atoms. The summed E-state index contributed by atoms with van der Waals surface area (Å²) in [4.78, 5) is 37.4. The van der Waals surface area contributed by atoms with Crippen molar-refractivity contribution in [1.82, 2.24) is 10.2 Å². The van der Waals surface area contributed by atoms with E-state index in [0.717, 1.165) is 0 Å². The largest absolute Gasteiger partial charge is 0.460 e. The number of benzene rings is 2. The molecule has 0 saturated heterocycles. The van der Waals surface area contributed by atoms with Gasteiger partial charge < -0.3 is 25.0 Å². The number of amides is 1. The molecule has 1 atom stereocenters. The second-order valence-corrected chi connectivity index (χ2v) is 8.25. The lowest BCUT2D eigenvalue weighted by atomic mass is 9.95. The number of non-ortho nitro benzene ring substituents is 1. The Morgan fingerprint density at radius 1 is 1.22 bits per heavy atom. The zero-order chi connectivity index (χ0) is 26.2. The molecule has 2 N–H and O–H groups in total. The third-order valence-corrected chi connectivity index (χ3v) is 5.90. The van der Waals surface area contributed by atoms with Crippen LogP contribution in [0.4, 0.5) is 11.4 Å². The SMILES string of the molecule is COCCOC(=O)C1=C(C)N(C)C(=S)NC1c1cccc(NC(=O)C=Cc2ccc([N+](=O)[O-])cc2)c1. The fraction of sp³-hybridized carbons (Fsp3) is 0.240. The summed E-state index contributed by atoms with van der Waals surface area (Å²) in [6.45, 7) is 2.19. The Morgan fingerprint density at radius 2 is 1.94 bits per heavy atom. The van der Waals surface area contributed by atoms with Crippen LogP contribution in [-0.4, -0.2) is 54.2 Å². The van der Waals surface area contributed by atoms with E-state index in [1.807, 2.05) is 6.07 Å². The summed E-state index contributed by atoms with van der Waals surface area (Å²) < 4.78 is 10.3. The van der Waals surface area contributed by atoms with Crippen LogP contribution in [0, 0.1) is 10.1 Å². The fourth-order valence-electron chi connectivity index (χ4n) is 3.50. The van der Waals surface area contributed by atoms with Gasteiger partial charge in [-0.25, -0.2) is 4.79 Å². The average molecular weight is 511 g/mol.